The van der Waals surface area contributed by atoms with Crippen LogP contribution >= 0.6 is 0 Å². The summed E-state index contributed by atoms with van der Waals surface area (Å²) in [7, 11) is -3.22. The molecule has 80 valence electrons. The van der Waals surface area contributed by atoms with E-state index in [2.05, 4.69) is 0 Å². The minimum Gasteiger partial charge on any atom is -0.330 e. The Balaban J connectivity index is 2.62. The lowest BCUT2D eigenvalue weighted by Gasteiger charge is -2.03. The molecule has 1 aliphatic rings. The first-order chi connectivity index (χ1) is 7.04. The summed E-state index contributed by atoms with van der Waals surface area (Å²) in [5.41, 5.74) is 8.04. The van der Waals surface area contributed by atoms with Crippen molar-refractivity contribution in [2.75, 3.05) is 6.54 Å². The fourth-order valence-electron chi connectivity index (χ4n) is 1.79. The number of hydrogen-bond donors (Lipinski definition) is 1. The van der Waals surface area contributed by atoms with E-state index in [9.17, 15) is 8.42 Å². The van der Waals surface area contributed by atoms with Crippen LogP contribution in [0.1, 0.15) is 17.5 Å². The van der Waals surface area contributed by atoms with Gasteiger partial charge < -0.3 is 5.73 Å². The van der Waals surface area contributed by atoms with Crippen molar-refractivity contribution in [3.05, 3.63) is 34.7 Å². The fraction of sp³-hybridized carbons (Fsp3) is 0.273. The van der Waals surface area contributed by atoms with Crippen molar-refractivity contribution < 1.29 is 8.42 Å². The van der Waals surface area contributed by atoms with Crippen LogP contribution in [0.3, 0.4) is 0 Å². The van der Waals surface area contributed by atoms with E-state index in [0.29, 0.717) is 17.9 Å². The van der Waals surface area contributed by atoms with Gasteiger partial charge in [-0.15, -0.1) is 0 Å². The van der Waals surface area contributed by atoms with Gasteiger partial charge in [-0.1, -0.05) is 12.1 Å². The molecule has 1 aliphatic heterocycles. The third-order valence-corrected chi connectivity index (χ3v) is 4.05. The second-order valence-corrected chi connectivity index (χ2v) is 5.49. The summed E-state index contributed by atoms with van der Waals surface area (Å²) in [6.07, 6.45) is 0.606. The molecule has 0 aromatic heterocycles. The van der Waals surface area contributed by atoms with Gasteiger partial charge in [0.25, 0.3) is 0 Å². The molecule has 3 nitrogen and oxygen atoms in total. The lowest BCUT2D eigenvalue weighted by molar-refractivity contribution is 0.605. The molecule has 2 N–H and O–H groups in total. The van der Waals surface area contributed by atoms with Gasteiger partial charge in [0.05, 0.1) is 4.90 Å². The summed E-state index contributed by atoms with van der Waals surface area (Å²) in [6, 6.07) is 5.49. The van der Waals surface area contributed by atoms with Crippen molar-refractivity contribution >= 4 is 15.4 Å². The average molecular weight is 223 g/mol. The summed E-state index contributed by atoms with van der Waals surface area (Å²) in [5, 5.41) is 1.34. The predicted octanol–water partition coefficient (Wildman–Crippen LogP) is 1.47. The standard InChI is InChI=1S/C11H13NO2S/c1-8-2-3-10-9(4-5-12)7-15(13,14)11(10)6-8/h2-3,6-7H,4-5,12H2,1H3. The van der Waals surface area contributed by atoms with E-state index in [1.165, 1.54) is 5.41 Å². The zero-order valence-electron chi connectivity index (χ0n) is 8.53. The molecule has 15 heavy (non-hydrogen) atoms. The molecule has 0 unspecified atom stereocenters. The van der Waals surface area contributed by atoms with Crippen LogP contribution in [0.25, 0.3) is 5.57 Å². The Labute approximate surface area is 89.5 Å². The van der Waals surface area contributed by atoms with Gasteiger partial charge in [-0.05, 0) is 42.7 Å². The number of sulfone groups is 1. The minimum absolute atomic E-state index is 0.422. The van der Waals surface area contributed by atoms with Gasteiger partial charge >= 0.3 is 0 Å². The molecule has 0 aliphatic carbocycles. The van der Waals surface area contributed by atoms with Gasteiger partial charge in [0.15, 0.2) is 0 Å². The zero-order chi connectivity index (χ0) is 11.1. The second-order valence-electron chi connectivity index (χ2n) is 3.73. The van der Waals surface area contributed by atoms with Gasteiger partial charge in [0, 0.05) is 5.41 Å². The number of hydrogen-bond acceptors (Lipinski definition) is 3. The first kappa shape index (κ1) is 10.4. The van der Waals surface area contributed by atoms with E-state index in [-0.39, 0.29) is 0 Å². The van der Waals surface area contributed by atoms with Gasteiger partial charge in [0.1, 0.15) is 0 Å². The normalized spacial score (nSPS) is 17.3. The summed E-state index contributed by atoms with van der Waals surface area (Å²) >= 11 is 0. The lowest BCUT2D eigenvalue weighted by atomic mass is 10.0. The molecule has 1 aromatic carbocycles. The maximum Gasteiger partial charge on any atom is 0.200 e. The monoisotopic (exact) mass is 223 g/mol. The number of nitrogens with two attached hydrogens (primary N) is 1. The van der Waals surface area contributed by atoms with Crippen LogP contribution in [0.4, 0.5) is 0 Å². The Morgan fingerprint density at radius 1 is 1.33 bits per heavy atom. The van der Waals surface area contributed by atoms with E-state index in [1.54, 1.807) is 6.07 Å². The highest BCUT2D eigenvalue weighted by atomic mass is 32.2. The molecule has 0 atom stereocenters. The van der Waals surface area contributed by atoms with Crippen LogP contribution in [0.5, 0.6) is 0 Å². The molecule has 0 spiro atoms. The number of aryl methyl sites for hydroxylation is 1. The van der Waals surface area contributed by atoms with Crippen LogP contribution in [0, 0.1) is 6.92 Å². The average Bonchev–Trinajstić information content (AvgIpc) is 2.39. The molecular formula is C11H13NO2S. The third kappa shape index (κ3) is 1.70. The van der Waals surface area contributed by atoms with Gasteiger partial charge in [0.2, 0.25) is 9.84 Å². The van der Waals surface area contributed by atoms with Crippen molar-refractivity contribution in [2.45, 2.75) is 18.2 Å². The first-order valence-corrected chi connectivity index (χ1v) is 6.36. The molecule has 1 aromatic rings. The maximum absolute atomic E-state index is 11.8. The Morgan fingerprint density at radius 2 is 2.07 bits per heavy atom. The van der Waals surface area contributed by atoms with Crippen LogP contribution in [-0.2, 0) is 9.84 Å². The Kier molecular flexibility index (Phi) is 2.40. The topological polar surface area (TPSA) is 60.2 Å². The van der Waals surface area contributed by atoms with Crippen molar-refractivity contribution in [3.63, 3.8) is 0 Å². The largest absolute Gasteiger partial charge is 0.330 e. The van der Waals surface area contributed by atoms with Crippen LogP contribution in [0.15, 0.2) is 28.5 Å². The molecule has 0 saturated heterocycles. The molecule has 0 amide bonds. The second kappa shape index (κ2) is 3.47. The predicted molar refractivity (Wildman–Crippen MR) is 60.0 cm³/mol. The van der Waals surface area contributed by atoms with Crippen molar-refractivity contribution in [3.8, 4) is 0 Å². The number of fused-ring (bicyclic) bond motifs is 1. The molecule has 2 rings (SSSR count). The Bertz CT molecular complexity index is 530. The summed E-state index contributed by atoms with van der Waals surface area (Å²) in [4.78, 5) is 0.422. The first-order valence-electron chi connectivity index (χ1n) is 4.81. The van der Waals surface area contributed by atoms with Crippen molar-refractivity contribution in [1.29, 1.82) is 0 Å². The molecular weight excluding hydrogens is 210 g/mol. The maximum atomic E-state index is 11.8. The summed E-state index contributed by atoms with van der Waals surface area (Å²) in [5.74, 6) is 0. The minimum atomic E-state index is -3.22. The van der Waals surface area contributed by atoms with Gasteiger partial charge in [-0.25, -0.2) is 8.42 Å². The van der Waals surface area contributed by atoms with E-state index < -0.39 is 9.84 Å². The smallest absolute Gasteiger partial charge is 0.200 e. The SMILES string of the molecule is Cc1ccc2c(c1)S(=O)(=O)C=C2CCN. The third-order valence-electron chi connectivity index (χ3n) is 2.50. The van der Waals surface area contributed by atoms with Crippen LogP contribution in [-0.4, -0.2) is 15.0 Å². The van der Waals surface area contributed by atoms with Crippen LogP contribution in [0.2, 0.25) is 0 Å². The molecule has 0 saturated carbocycles. The van der Waals surface area contributed by atoms with E-state index in [4.69, 9.17) is 5.73 Å². The highest BCUT2D eigenvalue weighted by molar-refractivity contribution is 7.95. The van der Waals surface area contributed by atoms with Gasteiger partial charge in [-0.2, -0.15) is 0 Å². The summed E-state index contributed by atoms with van der Waals surface area (Å²) < 4.78 is 23.5. The number of benzene rings is 1. The quantitative estimate of drug-likeness (QED) is 0.826. The molecule has 1 heterocycles. The molecule has 0 radical (unpaired) electrons. The highest BCUT2D eigenvalue weighted by Gasteiger charge is 2.25. The van der Waals surface area contributed by atoms with Crippen molar-refractivity contribution in [1.82, 2.24) is 0 Å². The fourth-order valence-corrected chi connectivity index (χ4v) is 3.40. The number of rotatable bonds is 2. The highest BCUT2D eigenvalue weighted by Crippen LogP contribution is 2.35. The molecule has 0 fully saturated rings. The molecule has 4 heteroatoms. The van der Waals surface area contributed by atoms with Crippen LogP contribution < -0.4 is 5.73 Å². The molecule has 0 bridgehead atoms. The lowest BCUT2D eigenvalue weighted by Crippen LogP contribution is -1.99. The van der Waals surface area contributed by atoms with E-state index in [1.807, 2.05) is 19.1 Å². The van der Waals surface area contributed by atoms with Gasteiger partial charge in [-0.3, -0.25) is 0 Å². The Hall–Kier alpha value is -1.13. The summed E-state index contributed by atoms with van der Waals surface area (Å²) in [6.45, 7) is 2.35. The Morgan fingerprint density at radius 3 is 2.73 bits per heavy atom. The van der Waals surface area contributed by atoms with E-state index >= 15 is 0 Å². The van der Waals surface area contributed by atoms with E-state index in [0.717, 1.165) is 16.7 Å². The zero-order valence-corrected chi connectivity index (χ0v) is 9.34. The van der Waals surface area contributed by atoms with Crippen molar-refractivity contribution in [2.24, 2.45) is 5.73 Å².